The largest absolute Gasteiger partial charge is 0.480 e. The molecule has 1 aliphatic heterocycles. The highest BCUT2D eigenvalue weighted by Gasteiger charge is 2.24. The number of carboxylic acid groups (broad SMARTS) is 1. The Hall–Kier alpha value is -3.56. The van der Waals surface area contributed by atoms with Gasteiger partial charge in [0.05, 0.1) is 19.3 Å². The molecule has 0 saturated heterocycles. The normalized spacial score (nSPS) is 14.0. The Morgan fingerprint density at radius 3 is 2.70 bits per heavy atom. The summed E-state index contributed by atoms with van der Waals surface area (Å²) in [6.07, 6.45) is 1.93. The van der Waals surface area contributed by atoms with E-state index in [1.54, 1.807) is 0 Å². The van der Waals surface area contributed by atoms with E-state index >= 15 is 0 Å². The fourth-order valence-corrected chi connectivity index (χ4v) is 2.55. The van der Waals surface area contributed by atoms with E-state index in [0.717, 1.165) is 5.56 Å². The Morgan fingerprint density at radius 2 is 1.96 bits per heavy atom. The monoisotopic (exact) mass is 370 g/mol. The van der Waals surface area contributed by atoms with E-state index < -0.39 is 11.9 Å². The number of hydrogen-bond acceptors (Lipinski definition) is 6. The molecule has 27 heavy (non-hydrogen) atoms. The molecule has 0 unspecified atom stereocenters. The third-order valence-electron chi connectivity index (χ3n) is 3.86. The first-order valence-corrected chi connectivity index (χ1v) is 8.32. The van der Waals surface area contributed by atoms with Gasteiger partial charge in [-0.05, 0) is 5.56 Å². The van der Waals surface area contributed by atoms with Crippen molar-refractivity contribution >= 4 is 23.5 Å². The van der Waals surface area contributed by atoms with Crippen LogP contribution in [0.4, 0.5) is 0 Å². The molecule has 3 rings (SSSR count). The minimum atomic E-state index is -1.03. The van der Waals surface area contributed by atoms with Crippen LogP contribution in [0.2, 0.25) is 0 Å². The van der Waals surface area contributed by atoms with Crippen LogP contribution in [0.5, 0.6) is 0 Å². The quantitative estimate of drug-likeness (QED) is 0.714. The van der Waals surface area contributed by atoms with Gasteiger partial charge in [0.2, 0.25) is 5.91 Å². The second-order valence-corrected chi connectivity index (χ2v) is 5.97. The van der Waals surface area contributed by atoms with Crippen molar-refractivity contribution < 1.29 is 19.5 Å². The highest BCUT2D eigenvalue weighted by molar-refractivity contribution is 6.39. The third-order valence-corrected chi connectivity index (χ3v) is 3.86. The van der Waals surface area contributed by atoms with Crippen LogP contribution in [0.1, 0.15) is 24.1 Å². The number of carbonyl (C=O) groups excluding carboxylic acids is 2. The fourth-order valence-electron chi connectivity index (χ4n) is 2.55. The van der Waals surface area contributed by atoms with Crippen LogP contribution in [-0.2, 0) is 34.0 Å². The van der Waals surface area contributed by atoms with Crippen LogP contribution < -0.4 is 5.32 Å². The first-order valence-electron chi connectivity index (χ1n) is 8.32. The molecule has 2 N–H and O–H groups in total. The van der Waals surface area contributed by atoms with E-state index in [2.05, 4.69) is 20.7 Å². The number of aliphatic carboxylic acids is 1. The zero-order valence-electron chi connectivity index (χ0n) is 14.4. The average Bonchev–Trinajstić information content (AvgIpc) is 3.09. The van der Waals surface area contributed by atoms with Crippen molar-refractivity contribution in [3.05, 3.63) is 47.8 Å². The molecular weight excluding hydrogens is 352 g/mol. The van der Waals surface area contributed by atoms with E-state index in [0.29, 0.717) is 12.2 Å². The summed E-state index contributed by atoms with van der Waals surface area (Å²) in [4.78, 5) is 35.0. The Balaban J connectivity index is 1.60. The molecule has 0 aliphatic carbocycles. The molecule has 1 aliphatic rings. The molecule has 0 bridgehead atoms. The molecule has 0 radical (unpaired) electrons. The maximum Gasteiger partial charge on any atom is 0.325 e. The van der Waals surface area contributed by atoms with Gasteiger partial charge >= 0.3 is 5.97 Å². The van der Waals surface area contributed by atoms with Gasteiger partial charge in [-0.1, -0.05) is 35.5 Å². The molecular formula is C17H18N6O4. The first kappa shape index (κ1) is 18.2. The molecule has 10 nitrogen and oxygen atoms in total. The van der Waals surface area contributed by atoms with Gasteiger partial charge in [-0.3, -0.25) is 14.4 Å². The number of hydrazone groups is 1. The number of carboxylic acids is 1. The molecule has 1 aromatic carbocycles. The summed E-state index contributed by atoms with van der Waals surface area (Å²) in [5.41, 5.74) is 1.62. The summed E-state index contributed by atoms with van der Waals surface area (Å²) in [6, 6.07) is 9.41. The average molecular weight is 370 g/mol. The van der Waals surface area contributed by atoms with E-state index in [-0.39, 0.29) is 37.6 Å². The highest BCUT2D eigenvalue weighted by atomic mass is 16.4. The summed E-state index contributed by atoms with van der Waals surface area (Å²) < 4.78 is 1.17. The van der Waals surface area contributed by atoms with Crippen molar-refractivity contribution in [3.8, 4) is 0 Å². The van der Waals surface area contributed by atoms with Crippen LogP contribution in [0, 0.1) is 0 Å². The molecule has 2 amide bonds. The number of benzene rings is 1. The van der Waals surface area contributed by atoms with Crippen LogP contribution in [0.25, 0.3) is 0 Å². The Bertz CT molecular complexity index is 877. The maximum atomic E-state index is 12.3. The SMILES string of the molecule is O=C(O)Cn1cc(CNC(=O)C2=NN(Cc3ccccc3)C(=O)CC2)nn1. The zero-order chi connectivity index (χ0) is 19.2. The fraction of sp³-hybridized carbons (Fsp3) is 0.294. The molecule has 0 atom stereocenters. The topological polar surface area (TPSA) is 130 Å². The number of amides is 2. The van der Waals surface area contributed by atoms with E-state index in [1.165, 1.54) is 15.9 Å². The van der Waals surface area contributed by atoms with Gasteiger partial charge in [0, 0.05) is 12.8 Å². The predicted octanol–water partition coefficient (Wildman–Crippen LogP) is 0.157. The number of hydrogen-bond donors (Lipinski definition) is 2. The number of carbonyl (C=O) groups is 3. The molecule has 1 aromatic heterocycles. The van der Waals surface area contributed by atoms with Crippen LogP contribution in [0.3, 0.4) is 0 Å². The van der Waals surface area contributed by atoms with Crippen molar-refractivity contribution in [1.82, 2.24) is 25.3 Å². The molecule has 0 saturated carbocycles. The lowest BCUT2D eigenvalue weighted by Gasteiger charge is -2.23. The summed E-state index contributed by atoms with van der Waals surface area (Å²) >= 11 is 0. The minimum absolute atomic E-state index is 0.0874. The minimum Gasteiger partial charge on any atom is -0.480 e. The van der Waals surface area contributed by atoms with Crippen molar-refractivity contribution in [1.29, 1.82) is 0 Å². The van der Waals surface area contributed by atoms with Gasteiger partial charge in [0.15, 0.2) is 0 Å². The van der Waals surface area contributed by atoms with Gasteiger partial charge in [0.1, 0.15) is 18.0 Å². The first-order chi connectivity index (χ1) is 13.0. The third kappa shape index (κ3) is 4.97. The van der Waals surface area contributed by atoms with Gasteiger partial charge in [-0.15, -0.1) is 5.10 Å². The number of nitrogens with one attached hydrogen (secondary N) is 1. The lowest BCUT2D eigenvalue weighted by molar-refractivity contribution is -0.138. The van der Waals surface area contributed by atoms with Crippen molar-refractivity contribution in [3.63, 3.8) is 0 Å². The number of rotatable bonds is 7. The van der Waals surface area contributed by atoms with Crippen LogP contribution >= 0.6 is 0 Å². The van der Waals surface area contributed by atoms with Crippen molar-refractivity contribution in [2.45, 2.75) is 32.5 Å². The Kier molecular flexibility index (Phi) is 5.55. The summed E-state index contributed by atoms with van der Waals surface area (Å²) in [5, 5.41) is 24.3. The molecule has 0 fully saturated rings. The lowest BCUT2D eigenvalue weighted by atomic mass is 10.1. The standard InChI is InChI=1S/C17H18N6O4/c24-15-7-6-14(20-23(15)9-12-4-2-1-3-5-12)17(27)18-8-13-10-22(21-19-13)11-16(25)26/h1-5,10H,6-9,11H2,(H,18,27)(H,25,26). The van der Waals surface area contributed by atoms with Crippen LogP contribution in [-0.4, -0.2) is 48.6 Å². The van der Waals surface area contributed by atoms with E-state index in [9.17, 15) is 14.4 Å². The predicted molar refractivity (Wildman–Crippen MR) is 93.2 cm³/mol. The Labute approximate surface area is 154 Å². The van der Waals surface area contributed by atoms with Gasteiger partial charge in [-0.2, -0.15) is 5.10 Å². The second kappa shape index (κ2) is 8.21. The Morgan fingerprint density at radius 1 is 1.19 bits per heavy atom. The summed E-state index contributed by atoms with van der Waals surface area (Å²) in [6.45, 7) is 0.0916. The van der Waals surface area contributed by atoms with E-state index in [1.807, 2.05) is 30.3 Å². The molecule has 10 heteroatoms. The molecule has 2 aromatic rings. The summed E-state index contributed by atoms with van der Waals surface area (Å²) in [5.74, 6) is -1.56. The second-order valence-electron chi connectivity index (χ2n) is 5.97. The van der Waals surface area contributed by atoms with Gasteiger partial charge in [0.25, 0.3) is 5.91 Å². The smallest absolute Gasteiger partial charge is 0.325 e. The maximum absolute atomic E-state index is 12.3. The molecule has 2 heterocycles. The molecule has 0 spiro atoms. The van der Waals surface area contributed by atoms with Crippen molar-refractivity contribution in [2.75, 3.05) is 0 Å². The van der Waals surface area contributed by atoms with Crippen LogP contribution in [0.15, 0.2) is 41.6 Å². The molecule has 140 valence electrons. The summed E-state index contributed by atoms with van der Waals surface area (Å²) in [7, 11) is 0. The van der Waals surface area contributed by atoms with Crippen molar-refractivity contribution in [2.24, 2.45) is 5.10 Å². The highest BCUT2D eigenvalue weighted by Crippen LogP contribution is 2.13. The zero-order valence-corrected chi connectivity index (χ0v) is 14.4. The van der Waals surface area contributed by atoms with Gasteiger partial charge < -0.3 is 10.4 Å². The van der Waals surface area contributed by atoms with Gasteiger partial charge in [-0.25, -0.2) is 9.69 Å². The number of aromatic nitrogens is 3. The number of nitrogens with zero attached hydrogens (tertiary/aromatic N) is 5. The van der Waals surface area contributed by atoms with E-state index in [4.69, 9.17) is 5.11 Å². The lowest BCUT2D eigenvalue weighted by Crippen LogP contribution is -2.38.